The largest absolute Gasteiger partial charge is 0.309 e. The van der Waals surface area contributed by atoms with Crippen molar-refractivity contribution in [3.8, 4) is 55.6 Å². The molecular weight excluding hydrogens is 663 g/mol. The summed E-state index contributed by atoms with van der Waals surface area (Å²) >= 11 is 0. The lowest BCUT2D eigenvalue weighted by Crippen LogP contribution is -2.10. The van der Waals surface area contributed by atoms with Gasteiger partial charge in [0.2, 0.25) is 0 Å². The van der Waals surface area contributed by atoms with Crippen LogP contribution in [-0.2, 0) is 0 Å². The number of benzene rings is 10. The average molecular weight is 698 g/mol. The van der Waals surface area contributed by atoms with E-state index in [1.54, 1.807) is 0 Å². The minimum absolute atomic E-state index is 1.15. The zero-order chi connectivity index (χ0) is 36.3. The Morgan fingerprint density at radius 1 is 0.218 bits per heavy atom. The van der Waals surface area contributed by atoms with E-state index in [1.165, 1.54) is 99.3 Å². The third-order valence-corrected chi connectivity index (χ3v) is 11.4. The minimum Gasteiger partial charge on any atom is -0.309 e. The first-order valence-corrected chi connectivity index (χ1v) is 19.0. The van der Waals surface area contributed by atoms with Crippen LogP contribution in [0.3, 0.4) is 0 Å². The smallest absolute Gasteiger partial charge is 0.0540 e. The van der Waals surface area contributed by atoms with Gasteiger partial charge in [-0.3, -0.25) is 0 Å². The molecule has 55 heavy (non-hydrogen) atoms. The highest BCUT2D eigenvalue weighted by Gasteiger charge is 2.26. The summed E-state index contributed by atoms with van der Waals surface area (Å²) in [7, 11) is 0. The van der Waals surface area contributed by atoms with E-state index in [0.717, 1.165) is 5.69 Å². The fourth-order valence-electron chi connectivity index (χ4n) is 8.78. The summed E-state index contributed by atoms with van der Waals surface area (Å²) in [6.07, 6.45) is 0. The van der Waals surface area contributed by atoms with Crippen LogP contribution in [-0.4, -0.2) is 0 Å². The summed E-state index contributed by atoms with van der Waals surface area (Å²) in [5, 5.41) is 7.80. The maximum atomic E-state index is 2.40. The van der Waals surface area contributed by atoms with Crippen molar-refractivity contribution in [2.75, 3.05) is 4.90 Å². The third kappa shape index (κ3) is 5.16. The Balaban J connectivity index is 0.968. The molecule has 0 radical (unpaired) electrons. The van der Waals surface area contributed by atoms with Crippen LogP contribution in [0.5, 0.6) is 0 Å². The van der Waals surface area contributed by atoms with E-state index < -0.39 is 0 Å². The SMILES string of the molecule is c1ccc(N2c3ccccc3-c3ccc(-c4cccc(-c5ccc(-c6ccc7c8ccccc8c8ccccc8c7c6)cc5)c4)cc3-c3ccccc32)cc1. The van der Waals surface area contributed by atoms with Gasteiger partial charge in [0.05, 0.1) is 11.4 Å². The highest BCUT2D eigenvalue weighted by Crippen LogP contribution is 2.51. The molecule has 0 unspecified atom stereocenters. The molecule has 0 saturated heterocycles. The van der Waals surface area contributed by atoms with Crippen LogP contribution < -0.4 is 4.90 Å². The van der Waals surface area contributed by atoms with E-state index in [2.05, 4.69) is 217 Å². The quantitative estimate of drug-likeness (QED) is 0.166. The second kappa shape index (κ2) is 12.7. The number of hydrogen-bond donors (Lipinski definition) is 0. The average Bonchev–Trinajstić information content (AvgIpc) is 3.39. The summed E-state index contributed by atoms with van der Waals surface area (Å²) in [4.78, 5) is 2.40. The van der Waals surface area contributed by atoms with E-state index in [0.29, 0.717) is 0 Å². The van der Waals surface area contributed by atoms with E-state index in [4.69, 9.17) is 0 Å². The Kier molecular flexibility index (Phi) is 7.25. The molecule has 0 amide bonds. The molecule has 0 atom stereocenters. The van der Waals surface area contributed by atoms with Gasteiger partial charge in [-0.25, -0.2) is 0 Å². The number of anilines is 3. The first-order valence-electron chi connectivity index (χ1n) is 19.0. The number of hydrogen-bond acceptors (Lipinski definition) is 1. The highest BCUT2D eigenvalue weighted by atomic mass is 15.1. The fraction of sp³-hybridized carbons (Fsp3) is 0. The maximum Gasteiger partial charge on any atom is 0.0540 e. The van der Waals surface area contributed by atoms with Crippen LogP contribution in [0.25, 0.3) is 88.0 Å². The molecule has 256 valence electrons. The second-order valence-corrected chi connectivity index (χ2v) is 14.5. The summed E-state index contributed by atoms with van der Waals surface area (Å²) in [6, 6.07) is 77.8. The Labute approximate surface area is 321 Å². The zero-order valence-electron chi connectivity index (χ0n) is 30.2. The number of rotatable bonds is 4. The van der Waals surface area contributed by atoms with Gasteiger partial charge in [0, 0.05) is 16.8 Å². The Morgan fingerprint density at radius 3 is 1.29 bits per heavy atom. The molecule has 10 aromatic rings. The summed E-state index contributed by atoms with van der Waals surface area (Å²) in [5.74, 6) is 0. The normalized spacial score (nSPS) is 12.0. The van der Waals surface area contributed by atoms with Crippen molar-refractivity contribution in [2.45, 2.75) is 0 Å². The van der Waals surface area contributed by atoms with Crippen LogP contribution >= 0.6 is 0 Å². The molecule has 0 saturated carbocycles. The lowest BCUT2D eigenvalue weighted by Gasteiger charge is -2.27. The molecule has 11 rings (SSSR count). The van der Waals surface area contributed by atoms with Crippen molar-refractivity contribution in [1.82, 2.24) is 0 Å². The van der Waals surface area contributed by atoms with Crippen molar-refractivity contribution in [1.29, 1.82) is 0 Å². The maximum absolute atomic E-state index is 2.40. The second-order valence-electron chi connectivity index (χ2n) is 14.5. The van der Waals surface area contributed by atoms with Crippen LogP contribution in [0.1, 0.15) is 0 Å². The molecule has 10 aromatic carbocycles. The molecule has 1 heterocycles. The summed E-state index contributed by atoms with van der Waals surface area (Å²) in [6.45, 7) is 0. The lowest BCUT2D eigenvalue weighted by atomic mass is 9.90. The van der Waals surface area contributed by atoms with Crippen molar-refractivity contribution in [3.63, 3.8) is 0 Å². The van der Waals surface area contributed by atoms with Gasteiger partial charge < -0.3 is 4.90 Å². The van der Waals surface area contributed by atoms with Crippen molar-refractivity contribution in [3.05, 3.63) is 212 Å². The molecular formula is C54H35N. The van der Waals surface area contributed by atoms with Crippen LogP contribution in [0, 0.1) is 0 Å². The molecule has 0 spiro atoms. The highest BCUT2D eigenvalue weighted by molar-refractivity contribution is 6.25. The summed E-state index contributed by atoms with van der Waals surface area (Å²) in [5.41, 5.74) is 15.7. The zero-order valence-corrected chi connectivity index (χ0v) is 30.2. The first-order chi connectivity index (χ1) is 27.3. The Bertz CT molecular complexity index is 3050. The molecule has 0 aromatic heterocycles. The molecule has 0 bridgehead atoms. The Morgan fingerprint density at radius 2 is 0.655 bits per heavy atom. The standard InChI is InChI=1S/C54H35N/c1-2-15-42(16-3-1)55-53-23-10-8-21-49(53)48-32-30-41(35-52(48)50-22-9-11-24-54(50)55)39-14-12-13-38(33-39)36-25-27-37(28-26-36)40-29-31-47-45-19-5-4-17-43(45)44-18-6-7-20-46(44)51(47)34-40/h1-35H. The Hall–Kier alpha value is -7.22. The van der Waals surface area contributed by atoms with Gasteiger partial charge in [-0.05, 0) is 119 Å². The monoisotopic (exact) mass is 697 g/mol. The predicted molar refractivity (Wildman–Crippen MR) is 234 cm³/mol. The van der Waals surface area contributed by atoms with E-state index in [9.17, 15) is 0 Å². The van der Waals surface area contributed by atoms with Gasteiger partial charge in [-0.2, -0.15) is 0 Å². The van der Waals surface area contributed by atoms with Crippen molar-refractivity contribution >= 4 is 49.4 Å². The fourth-order valence-corrected chi connectivity index (χ4v) is 8.78. The van der Waals surface area contributed by atoms with Gasteiger partial charge in [0.15, 0.2) is 0 Å². The lowest BCUT2D eigenvalue weighted by molar-refractivity contribution is 1.29. The molecule has 1 heteroatoms. The van der Waals surface area contributed by atoms with Crippen LogP contribution in [0.4, 0.5) is 17.1 Å². The third-order valence-electron chi connectivity index (χ3n) is 11.4. The van der Waals surface area contributed by atoms with E-state index >= 15 is 0 Å². The van der Waals surface area contributed by atoms with E-state index in [-0.39, 0.29) is 0 Å². The number of para-hydroxylation sites is 3. The molecule has 1 aliphatic rings. The van der Waals surface area contributed by atoms with Crippen LogP contribution in [0.2, 0.25) is 0 Å². The predicted octanol–water partition coefficient (Wildman–Crippen LogP) is 15.3. The van der Waals surface area contributed by atoms with Gasteiger partial charge in [-0.1, -0.05) is 170 Å². The first kappa shape index (κ1) is 31.3. The number of nitrogens with zero attached hydrogens (tertiary/aromatic N) is 1. The van der Waals surface area contributed by atoms with Crippen molar-refractivity contribution < 1.29 is 0 Å². The van der Waals surface area contributed by atoms with Gasteiger partial charge in [0.25, 0.3) is 0 Å². The van der Waals surface area contributed by atoms with Crippen LogP contribution in [0.15, 0.2) is 212 Å². The topological polar surface area (TPSA) is 3.24 Å². The molecule has 1 nitrogen and oxygen atoms in total. The summed E-state index contributed by atoms with van der Waals surface area (Å²) < 4.78 is 0. The van der Waals surface area contributed by atoms with Crippen molar-refractivity contribution in [2.24, 2.45) is 0 Å². The molecule has 1 aliphatic heterocycles. The van der Waals surface area contributed by atoms with Gasteiger partial charge in [0.1, 0.15) is 0 Å². The molecule has 0 fully saturated rings. The van der Waals surface area contributed by atoms with Gasteiger partial charge >= 0.3 is 0 Å². The molecule has 0 N–H and O–H groups in total. The molecule has 0 aliphatic carbocycles. The van der Waals surface area contributed by atoms with E-state index in [1.807, 2.05) is 0 Å². The minimum atomic E-state index is 1.15. The number of fused-ring (bicyclic) bond motifs is 11. The van der Waals surface area contributed by atoms with Gasteiger partial charge in [-0.15, -0.1) is 0 Å².